The van der Waals surface area contributed by atoms with Crippen molar-refractivity contribution in [2.45, 2.75) is 24.8 Å². The second kappa shape index (κ2) is 7.26. The zero-order chi connectivity index (χ0) is 16.3. The molecule has 0 radical (unpaired) electrons. The predicted octanol–water partition coefficient (Wildman–Crippen LogP) is 3.59. The van der Waals surface area contributed by atoms with Gasteiger partial charge in [-0.1, -0.05) is 0 Å². The van der Waals surface area contributed by atoms with Crippen molar-refractivity contribution in [3.05, 3.63) is 48.3 Å². The summed E-state index contributed by atoms with van der Waals surface area (Å²) in [7, 11) is 8.23. The van der Waals surface area contributed by atoms with Gasteiger partial charge in [0.1, 0.15) is 0 Å². The molecule has 0 atom stereocenters. The van der Waals surface area contributed by atoms with Crippen LogP contribution in [0.5, 0.6) is 5.75 Å². The Hall–Kier alpha value is -0.677. The summed E-state index contributed by atoms with van der Waals surface area (Å²) >= 11 is -2.11. The van der Waals surface area contributed by atoms with E-state index in [9.17, 15) is 8.42 Å². The molecule has 0 aliphatic carbocycles. The Balaban J connectivity index is 2.54. The minimum absolute atomic E-state index is 0.0367. The molecule has 0 aliphatic rings. The summed E-state index contributed by atoms with van der Waals surface area (Å²) in [6.45, 7) is 3.79. The summed E-state index contributed by atoms with van der Waals surface area (Å²) in [6.07, 6.45) is 2.93. The van der Waals surface area contributed by atoms with E-state index >= 15 is 0 Å². The molecule has 0 amide bonds. The molecule has 0 N–H and O–H groups in total. The summed E-state index contributed by atoms with van der Waals surface area (Å²) in [6, 6.07) is 8.00. The van der Waals surface area contributed by atoms with Crippen molar-refractivity contribution >= 4 is 34.0 Å². The van der Waals surface area contributed by atoms with Crippen LogP contribution in [-0.2, 0) is 23.5 Å². The zero-order valence-electron chi connectivity index (χ0n) is 11.9. The van der Waals surface area contributed by atoms with Gasteiger partial charge < -0.3 is 0 Å². The maximum atomic E-state index is 12.5. The summed E-state index contributed by atoms with van der Waals surface area (Å²) in [5.41, 5.74) is 0.603. The van der Waals surface area contributed by atoms with Crippen LogP contribution in [0.25, 0.3) is 0 Å². The van der Waals surface area contributed by atoms with Crippen molar-refractivity contribution in [1.82, 2.24) is 3.97 Å². The molecule has 2 rings (SSSR count). The van der Waals surface area contributed by atoms with Gasteiger partial charge in [-0.15, -0.1) is 0 Å². The average molecular weight is 449 g/mol. The quantitative estimate of drug-likeness (QED) is 0.656. The number of nitrogens with zero attached hydrogens (tertiary/aromatic N) is 1. The summed E-state index contributed by atoms with van der Waals surface area (Å²) in [4.78, 5) is 0.162. The third-order valence-electron chi connectivity index (χ3n) is 2.68. The van der Waals surface area contributed by atoms with E-state index in [-0.39, 0.29) is 11.0 Å². The van der Waals surface area contributed by atoms with Gasteiger partial charge in [-0.3, -0.25) is 0 Å². The van der Waals surface area contributed by atoms with E-state index in [2.05, 4.69) is 0 Å². The van der Waals surface area contributed by atoms with E-state index in [1.807, 2.05) is 13.8 Å². The molecule has 0 spiro atoms. The molecule has 0 unspecified atom stereocenters. The van der Waals surface area contributed by atoms with Gasteiger partial charge in [0.15, 0.2) is 0 Å². The molecular formula is C14H15Cl2NO3RuS. The molecule has 0 fully saturated rings. The summed E-state index contributed by atoms with van der Waals surface area (Å²) < 4.78 is 33.6. The first-order valence-corrected chi connectivity index (χ1v) is 13.2. The van der Waals surface area contributed by atoms with Crippen LogP contribution in [0.3, 0.4) is 0 Å². The van der Waals surface area contributed by atoms with E-state index in [0.29, 0.717) is 11.3 Å². The predicted molar refractivity (Wildman–Crippen MR) is 86.1 cm³/mol. The molecule has 1 heterocycles. The molecule has 1 aromatic heterocycles. The monoisotopic (exact) mass is 449 g/mol. The number of hydrogen-bond acceptors (Lipinski definition) is 3. The molecule has 8 heteroatoms. The maximum absolute atomic E-state index is 12.5. The second-order valence-corrected chi connectivity index (χ2v) is 12.3. The average Bonchev–Trinajstić information content (AvgIpc) is 2.94. The number of rotatable bonds is 5. The van der Waals surface area contributed by atoms with E-state index < -0.39 is 23.5 Å². The molecule has 1 aromatic carbocycles. The fourth-order valence-corrected chi connectivity index (χ4v) is 4.82. The van der Waals surface area contributed by atoms with Crippen LogP contribution in [0.15, 0.2) is 47.6 Å². The third kappa shape index (κ3) is 4.20. The van der Waals surface area contributed by atoms with Crippen molar-refractivity contribution in [2.75, 3.05) is 0 Å². The summed E-state index contributed by atoms with van der Waals surface area (Å²) in [5.74, 6) is 0.571. The van der Waals surface area contributed by atoms with Crippen LogP contribution in [0.1, 0.15) is 19.4 Å². The molecule has 0 saturated heterocycles. The fourth-order valence-electron chi connectivity index (χ4n) is 1.81. The summed E-state index contributed by atoms with van der Waals surface area (Å²) in [5, 5.41) is 0. The minimum atomic E-state index is -3.63. The molecule has 22 heavy (non-hydrogen) atoms. The Kier molecular flexibility index (Phi) is 5.83. The standard InChI is InChI=1S/C14H15NO3S.2ClH.Ru/c1-11(2)18-14-7-6-13(10-12(14)3)19(16,17)15-8-4-5-9-15;;;/h3-11H,1-2H3;2*1H;/q;;;+2/p-2. The third-order valence-corrected chi connectivity index (χ3v) is 6.16. The van der Waals surface area contributed by atoms with E-state index in [4.69, 9.17) is 24.1 Å². The first-order chi connectivity index (χ1) is 10.3. The Morgan fingerprint density at radius 2 is 1.86 bits per heavy atom. The van der Waals surface area contributed by atoms with Gasteiger partial charge in [0.2, 0.25) is 0 Å². The van der Waals surface area contributed by atoms with Crippen LogP contribution < -0.4 is 4.74 Å². The normalized spacial score (nSPS) is 12.3. The van der Waals surface area contributed by atoms with Gasteiger partial charge in [0, 0.05) is 0 Å². The van der Waals surface area contributed by atoms with Gasteiger partial charge >= 0.3 is 144 Å². The van der Waals surface area contributed by atoms with Gasteiger partial charge in [-0.05, 0) is 0 Å². The van der Waals surface area contributed by atoms with Crippen LogP contribution >= 0.6 is 19.4 Å². The van der Waals surface area contributed by atoms with Crippen molar-refractivity contribution in [2.24, 2.45) is 0 Å². The van der Waals surface area contributed by atoms with Crippen LogP contribution in [0.2, 0.25) is 0 Å². The van der Waals surface area contributed by atoms with Gasteiger partial charge in [0.05, 0.1) is 0 Å². The number of hydrogen-bond donors (Lipinski definition) is 0. The topological polar surface area (TPSA) is 48.3 Å². The molecule has 122 valence electrons. The molecule has 0 bridgehead atoms. The zero-order valence-corrected chi connectivity index (χ0v) is 16.0. The number of ether oxygens (including phenoxy) is 1. The Labute approximate surface area is 143 Å². The van der Waals surface area contributed by atoms with Crippen molar-refractivity contribution in [1.29, 1.82) is 0 Å². The van der Waals surface area contributed by atoms with Crippen molar-refractivity contribution < 1.29 is 26.7 Å². The van der Waals surface area contributed by atoms with E-state index in [1.54, 1.807) is 28.9 Å². The number of aromatic nitrogens is 1. The van der Waals surface area contributed by atoms with E-state index in [1.165, 1.54) is 18.5 Å². The van der Waals surface area contributed by atoms with Crippen molar-refractivity contribution in [3.63, 3.8) is 0 Å². The Morgan fingerprint density at radius 3 is 2.41 bits per heavy atom. The number of halogens is 2. The van der Waals surface area contributed by atoms with Gasteiger partial charge in [0.25, 0.3) is 0 Å². The van der Waals surface area contributed by atoms with Gasteiger partial charge in [-0.2, -0.15) is 0 Å². The number of benzene rings is 1. The molecule has 4 nitrogen and oxygen atoms in total. The first kappa shape index (κ1) is 17.7. The Bertz CT molecular complexity index is 782. The molecule has 0 aliphatic heterocycles. The first-order valence-electron chi connectivity index (χ1n) is 6.33. The molecular weight excluding hydrogens is 434 g/mol. The van der Waals surface area contributed by atoms with Crippen LogP contribution in [0, 0.1) is 0 Å². The molecule has 2 aromatic rings. The van der Waals surface area contributed by atoms with Gasteiger partial charge in [-0.25, -0.2) is 0 Å². The fraction of sp³-hybridized carbons (Fsp3) is 0.214. The van der Waals surface area contributed by atoms with Crippen LogP contribution in [-0.4, -0.2) is 23.1 Å². The van der Waals surface area contributed by atoms with Crippen molar-refractivity contribution in [3.8, 4) is 5.75 Å². The molecule has 0 saturated carbocycles. The Morgan fingerprint density at radius 1 is 1.23 bits per heavy atom. The van der Waals surface area contributed by atoms with E-state index in [0.717, 1.165) is 3.97 Å². The second-order valence-electron chi connectivity index (χ2n) is 4.69. The van der Waals surface area contributed by atoms with Crippen LogP contribution in [0.4, 0.5) is 0 Å². The SMILES string of the molecule is CC(C)Oc1ccc(S(=O)(=O)n2cccc2)cc1[CH]=[Ru]([Cl])[Cl].